The van der Waals surface area contributed by atoms with Crippen LogP contribution in [0.3, 0.4) is 0 Å². The Morgan fingerprint density at radius 1 is 1.20 bits per heavy atom. The third kappa shape index (κ3) is 2.96. The molecule has 0 aromatic heterocycles. The van der Waals surface area contributed by atoms with Gasteiger partial charge in [0.2, 0.25) is 0 Å². The van der Waals surface area contributed by atoms with Crippen molar-refractivity contribution in [2.45, 2.75) is 32.2 Å². The van der Waals surface area contributed by atoms with E-state index >= 15 is 0 Å². The van der Waals surface area contributed by atoms with Gasteiger partial charge in [-0.2, -0.15) is 0 Å². The van der Waals surface area contributed by atoms with E-state index < -0.39 is 0 Å². The molecule has 2 rings (SSSR count). The van der Waals surface area contributed by atoms with E-state index in [1.807, 2.05) is 0 Å². The summed E-state index contributed by atoms with van der Waals surface area (Å²) in [5, 5.41) is 0. The summed E-state index contributed by atoms with van der Waals surface area (Å²) in [7, 11) is 0. The first-order valence-corrected chi connectivity index (χ1v) is 5.56. The van der Waals surface area contributed by atoms with E-state index in [4.69, 9.17) is 0 Å². The van der Waals surface area contributed by atoms with Gasteiger partial charge in [0.25, 0.3) is 0 Å². The third-order valence-electron chi connectivity index (χ3n) is 3.22. The minimum Gasteiger partial charge on any atom is -0.300 e. The summed E-state index contributed by atoms with van der Waals surface area (Å²) in [6.07, 6.45) is 1.32. The Labute approximate surface area is 98.9 Å². The summed E-state index contributed by atoms with van der Waals surface area (Å²) in [4.78, 5) is 2.57. The van der Waals surface area contributed by atoms with Crippen molar-refractivity contribution >= 4 is 12.4 Å². The van der Waals surface area contributed by atoms with Crippen molar-refractivity contribution in [3.05, 3.63) is 35.9 Å². The molecule has 0 amide bonds. The van der Waals surface area contributed by atoms with Gasteiger partial charge in [0.15, 0.2) is 0 Å². The van der Waals surface area contributed by atoms with E-state index in [9.17, 15) is 0 Å². The lowest BCUT2D eigenvalue weighted by Gasteiger charge is -2.20. The summed E-state index contributed by atoms with van der Waals surface area (Å²) in [6, 6.07) is 11.6. The first-order chi connectivity index (χ1) is 6.77. The number of halogens is 1. The molecular weight excluding hydrogens is 206 g/mol. The highest BCUT2D eigenvalue weighted by Crippen LogP contribution is 2.27. The summed E-state index contributed by atoms with van der Waals surface area (Å²) in [6.45, 7) is 7.07. The number of hydrogen-bond donors (Lipinski definition) is 0. The van der Waals surface area contributed by atoms with Crippen molar-refractivity contribution < 1.29 is 0 Å². The Morgan fingerprint density at radius 3 is 2.40 bits per heavy atom. The van der Waals surface area contributed by atoms with Crippen LogP contribution >= 0.6 is 12.4 Å². The maximum absolute atomic E-state index is 2.57. The second kappa shape index (κ2) is 5.53. The first kappa shape index (κ1) is 12.5. The van der Waals surface area contributed by atoms with Gasteiger partial charge in [-0.25, -0.2) is 0 Å². The van der Waals surface area contributed by atoms with Crippen LogP contribution in [0.25, 0.3) is 0 Å². The highest BCUT2D eigenvalue weighted by Gasteiger charge is 2.24. The molecular formula is C13H20ClN. The zero-order valence-corrected chi connectivity index (χ0v) is 10.3. The Morgan fingerprint density at radius 2 is 1.87 bits per heavy atom. The molecule has 1 atom stereocenters. The van der Waals surface area contributed by atoms with Crippen LogP contribution < -0.4 is 0 Å². The number of hydrogen-bond acceptors (Lipinski definition) is 1. The van der Waals surface area contributed by atoms with Gasteiger partial charge in [0.1, 0.15) is 0 Å². The Hall–Kier alpha value is -0.530. The zero-order valence-electron chi connectivity index (χ0n) is 9.52. The van der Waals surface area contributed by atoms with E-state index in [2.05, 4.69) is 49.1 Å². The van der Waals surface area contributed by atoms with Crippen LogP contribution in [0.5, 0.6) is 0 Å². The van der Waals surface area contributed by atoms with Crippen molar-refractivity contribution in [3.63, 3.8) is 0 Å². The van der Waals surface area contributed by atoms with Crippen LogP contribution in [-0.2, 0) is 0 Å². The molecule has 0 radical (unpaired) electrons. The lowest BCUT2D eigenvalue weighted by Crippen LogP contribution is -2.27. The van der Waals surface area contributed by atoms with Gasteiger partial charge in [0.05, 0.1) is 0 Å². The molecule has 0 aliphatic carbocycles. The topological polar surface area (TPSA) is 3.24 Å². The SMILES string of the molecule is CC(C)N1CCC(c2ccccc2)C1.Cl. The maximum Gasteiger partial charge on any atom is 0.00535 e. The molecule has 1 nitrogen and oxygen atoms in total. The fourth-order valence-corrected chi connectivity index (χ4v) is 2.25. The molecule has 1 fully saturated rings. The fraction of sp³-hybridized carbons (Fsp3) is 0.538. The predicted octanol–water partition coefficient (Wildman–Crippen LogP) is 3.31. The van der Waals surface area contributed by atoms with Crippen LogP contribution in [0.2, 0.25) is 0 Å². The van der Waals surface area contributed by atoms with Crippen LogP contribution in [0.4, 0.5) is 0 Å². The molecule has 0 saturated carbocycles. The van der Waals surface area contributed by atoms with Crippen molar-refractivity contribution in [2.75, 3.05) is 13.1 Å². The van der Waals surface area contributed by atoms with Gasteiger partial charge in [-0.1, -0.05) is 30.3 Å². The van der Waals surface area contributed by atoms with Crippen LogP contribution in [0.1, 0.15) is 31.7 Å². The second-order valence-corrected chi connectivity index (χ2v) is 4.48. The van der Waals surface area contributed by atoms with Gasteiger partial charge < -0.3 is 4.90 Å². The van der Waals surface area contributed by atoms with Crippen molar-refractivity contribution in [2.24, 2.45) is 0 Å². The Bertz CT molecular complexity index is 284. The molecule has 2 heteroatoms. The van der Waals surface area contributed by atoms with E-state index in [0.717, 1.165) is 5.92 Å². The Kier molecular flexibility index (Phi) is 4.62. The van der Waals surface area contributed by atoms with Gasteiger partial charge in [0, 0.05) is 12.6 Å². The molecule has 1 aliphatic rings. The summed E-state index contributed by atoms with van der Waals surface area (Å²) in [5.74, 6) is 0.763. The first-order valence-electron chi connectivity index (χ1n) is 5.56. The number of benzene rings is 1. The van der Waals surface area contributed by atoms with Gasteiger partial charge in [-0.05, 0) is 38.3 Å². The quantitative estimate of drug-likeness (QED) is 0.747. The molecule has 0 bridgehead atoms. The van der Waals surface area contributed by atoms with Crippen molar-refractivity contribution in [3.8, 4) is 0 Å². The van der Waals surface area contributed by atoms with E-state index in [0.29, 0.717) is 6.04 Å². The molecule has 0 N–H and O–H groups in total. The predicted molar refractivity (Wildman–Crippen MR) is 67.8 cm³/mol. The molecule has 1 aromatic carbocycles. The summed E-state index contributed by atoms with van der Waals surface area (Å²) >= 11 is 0. The minimum atomic E-state index is 0. The van der Waals surface area contributed by atoms with Gasteiger partial charge in [-0.15, -0.1) is 12.4 Å². The molecule has 1 saturated heterocycles. The van der Waals surface area contributed by atoms with Crippen LogP contribution in [-0.4, -0.2) is 24.0 Å². The number of nitrogens with zero attached hydrogens (tertiary/aromatic N) is 1. The number of rotatable bonds is 2. The Balaban J connectivity index is 0.00000112. The largest absolute Gasteiger partial charge is 0.300 e. The smallest absolute Gasteiger partial charge is 0.00535 e. The average Bonchev–Trinajstić information content (AvgIpc) is 2.68. The van der Waals surface area contributed by atoms with Gasteiger partial charge >= 0.3 is 0 Å². The second-order valence-electron chi connectivity index (χ2n) is 4.48. The maximum atomic E-state index is 2.57. The zero-order chi connectivity index (χ0) is 9.97. The van der Waals surface area contributed by atoms with E-state index in [1.54, 1.807) is 0 Å². The highest BCUT2D eigenvalue weighted by atomic mass is 35.5. The lowest BCUT2D eigenvalue weighted by molar-refractivity contribution is 0.272. The van der Waals surface area contributed by atoms with E-state index in [1.165, 1.54) is 25.1 Å². The molecule has 1 aromatic rings. The minimum absolute atomic E-state index is 0. The fourth-order valence-electron chi connectivity index (χ4n) is 2.25. The van der Waals surface area contributed by atoms with Crippen LogP contribution in [0, 0.1) is 0 Å². The highest BCUT2D eigenvalue weighted by molar-refractivity contribution is 5.85. The lowest BCUT2D eigenvalue weighted by atomic mass is 9.99. The third-order valence-corrected chi connectivity index (χ3v) is 3.22. The molecule has 84 valence electrons. The molecule has 0 spiro atoms. The van der Waals surface area contributed by atoms with Crippen LogP contribution in [0.15, 0.2) is 30.3 Å². The molecule has 1 heterocycles. The molecule has 1 unspecified atom stereocenters. The molecule has 1 aliphatic heterocycles. The monoisotopic (exact) mass is 225 g/mol. The average molecular weight is 226 g/mol. The van der Waals surface area contributed by atoms with Crippen molar-refractivity contribution in [1.82, 2.24) is 4.90 Å². The number of likely N-dealkylation sites (tertiary alicyclic amines) is 1. The summed E-state index contributed by atoms with van der Waals surface area (Å²) in [5.41, 5.74) is 1.51. The normalized spacial score (nSPS) is 21.7. The van der Waals surface area contributed by atoms with E-state index in [-0.39, 0.29) is 12.4 Å². The molecule has 15 heavy (non-hydrogen) atoms. The van der Waals surface area contributed by atoms with Gasteiger partial charge in [-0.3, -0.25) is 0 Å². The standard InChI is InChI=1S/C13H19N.ClH/c1-11(2)14-9-8-13(10-14)12-6-4-3-5-7-12;/h3-7,11,13H,8-10H2,1-2H3;1H. The summed E-state index contributed by atoms with van der Waals surface area (Å²) < 4.78 is 0. The van der Waals surface area contributed by atoms with Crippen molar-refractivity contribution in [1.29, 1.82) is 0 Å².